The van der Waals surface area contributed by atoms with E-state index in [0.29, 0.717) is 13.0 Å². The first kappa shape index (κ1) is 51.8. The van der Waals surface area contributed by atoms with E-state index in [4.69, 9.17) is 23.5 Å². The molecule has 0 aromatic carbocycles. The van der Waals surface area contributed by atoms with Crippen molar-refractivity contribution >= 4 is 16.4 Å². The van der Waals surface area contributed by atoms with Crippen molar-refractivity contribution in [2.24, 2.45) is 0 Å². The van der Waals surface area contributed by atoms with Crippen molar-refractivity contribution in [3.05, 3.63) is 60.8 Å². The van der Waals surface area contributed by atoms with Gasteiger partial charge in [0.2, 0.25) is 0 Å². The molecule has 324 valence electrons. The lowest BCUT2D eigenvalue weighted by molar-refractivity contribution is -0.301. The van der Waals surface area contributed by atoms with Crippen LogP contribution in [0.1, 0.15) is 142 Å². The minimum atomic E-state index is -5.06. The first-order valence-corrected chi connectivity index (χ1v) is 22.4. The normalized spacial score (nSPS) is 21.4. The van der Waals surface area contributed by atoms with Gasteiger partial charge in [-0.05, 0) is 57.8 Å². The maximum atomic E-state index is 12.8. The predicted molar refractivity (Wildman–Crippen MR) is 220 cm³/mol. The van der Waals surface area contributed by atoms with Crippen molar-refractivity contribution in [1.82, 2.24) is 0 Å². The Morgan fingerprint density at radius 2 is 1.23 bits per heavy atom. The monoisotopic (exact) mass is 814 g/mol. The Hall–Kier alpha value is -2.20. The highest BCUT2D eigenvalue weighted by Crippen LogP contribution is 2.26. The summed E-state index contributed by atoms with van der Waals surface area (Å²) in [6, 6.07) is 0. The number of allylic oxidation sites excluding steroid dienone is 10. The zero-order valence-electron chi connectivity index (χ0n) is 34.2. The lowest BCUT2D eigenvalue weighted by atomic mass is 9.99. The number of carbonyl (C=O) groups excluding carboxylic acids is 1. The molecule has 1 rings (SSSR count). The van der Waals surface area contributed by atoms with E-state index in [1.807, 2.05) is 0 Å². The van der Waals surface area contributed by atoms with E-state index < -0.39 is 59.8 Å². The van der Waals surface area contributed by atoms with E-state index in [0.717, 1.165) is 83.5 Å². The van der Waals surface area contributed by atoms with Gasteiger partial charge in [0.15, 0.2) is 6.29 Å². The average molecular weight is 815 g/mol. The van der Waals surface area contributed by atoms with Gasteiger partial charge in [-0.25, -0.2) is 4.18 Å². The van der Waals surface area contributed by atoms with Crippen molar-refractivity contribution < 1.29 is 56.2 Å². The SMILES string of the molecule is CC/C=C\C/C=C\C/C=C\C/C=C\C/C=C\CCCCCCCC(=O)OC(COCCCCCCCCCC)COC1OC(CO)C(O)C(OS(=O)(=O)O)C1O. The zero-order chi connectivity index (χ0) is 41.1. The molecule has 0 aliphatic carbocycles. The summed E-state index contributed by atoms with van der Waals surface area (Å²) in [5.41, 5.74) is 0. The molecule has 0 aromatic heterocycles. The number of rotatable bonds is 35. The Kier molecular flexibility index (Phi) is 32.2. The minimum absolute atomic E-state index is 0.0257. The number of aliphatic hydroxyl groups excluding tert-OH is 3. The smallest absolute Gasteiger partial charge is 0.397 e. The van der Waals surface area contributed by atoms with Crippen LogP contribution in [-0.2, 0) is 38.3 Å². The predicted octanol–water partition coefficient (Wildman–Crippen LogP) is 8.18. The van der Waals surface area contributed by atoms with Gasteiger partial charge in [0.05, 0.1) is 19.8 Å². The first-order valence-electron chi connectivity index (χ1n) is 21.0. The number of unbranched alkanes of at least 4 members (excludes halogenated alkanes) is 12. The molecule has 0 bridgehead atoms. The summed E-state index contributed by atoms with van der Waals surface area (Å²) in [5, 5.41) is 30.5. The number of carbonyl (C=O) groups is 1. The molecular weight excluding hydrogens is 741 g/mol. The largest absolute Gasteiger partial charge is 0.457 e. The van der Waals surface area contributed by atoms with Crippen LogP contribution in [0.25, 0.3) is 0 Å². The van der Waals surface area contributed by atoms with E-state index in [9.17, 15) is 28.5 Å². The summed E-state index contributed by atoms with van der Waals surface area (Å²) in [6.45, 7) is 3.79. The quantitative estimate of drug-likeness (QED) is 0.0209. The molecule has 4 N–H and O–H groups in total. The second-order valence-corrected chi connectivity index (χ2v) is 15.3. The Bertz CT molecular complexity index is 1220. The topological polar surface area (TPSA) is 178 Å². The fourth-order valence-electron chi connectivity index (χ4n) is 5.99. The highest BCUT2D eigenvalue weighted by molar-refractivity contribution is 7.80. The maximum Gasteiger partial charge on any atom is 0.397 e. The van der Waals surface area contributed by atoms with Gasteiger partial charge in [0.1, 0.15) is 30.5 Å². The molecule has 1 fully saturated rings. The average Bonchev–Trinajstić information content (AvgIpc) is 3.17. The van der Waals surface area contributed by atoms with Crippen LogP contribution in [0.3, 0.4) is 0 Å². The third-order valence-corrected chi connectivity index (χ3v) is 9.62. The third-order valence-electron chi connectivity index (χ3n) is 9.15. The summed E-state index contributed by atoms with van der Waals surface area (Å²) in [6.07, 6.45) is 32.7. The van der Waals surface area contributed by atoms with Crippen molar-refractivity contribution in [3.63, 3.8) is 0 Å². The van der Waals surface area contributed by atoms with E-state index in [2.05, 4.69) is 78.8 Å². The number of hydrogen-bond donors (Lipinski definition) is 4. The van der Waals surface area contributed by atoms with Crippen LogP contribution in [-0.4, -0.2) is 97.5 Å². The molecular formula is C43H74O12S. The summed E-state index contributed by atoms with van der Waals surface area (Å²) in [7, 11) is -5.06. The molecule has 0 radical (unpaired) electrons. The van der Waals surface area contributed by atoms with Crippen LogP contribution < -0.4 is 0 Å². The van der Waals surface area contributed by atoms with Crippen molar-refractivity contribution in [1.29, 1.82) is 0 Å². The van der Waals surface area contributed by atoms with Crippen molar-refractivity contribution in [2.75, 3.05) is 26.4 Å². The molecule has 1 aliphatic rings. The van der Waals surface area contributed by atoms with Gasteiger partial charge >= 0.3 is 16.4 Å². The molecule has 0 amide bonds. The van der Waals surface area contributed by atoms with Crippen LogP contribution in [0.2, 0.25) is 0 Å². The summed E-state index contributed by atoms with van der Waals surface area (Å²) in [4.78, 5) is 12.8. The van der Waals surface area contributed by atoms with Crippen LogP contribution in [0.15, 0.2) is 60.8 Å². The number of esters is 1. The Labute approximate surface area is 338 Å². The first-order chi connectivity index (χ1) is 27.1. The van der Waals surface area contributed by atoms with Gasteiger partial charge < -0.3 is 34.3 Å². The Morgan fingerprint density at radius 3 is 1.80 bits per heavy atom. The van der Waals surface area contributed by atoms with Crippen LogP contribution in [0.5, 0.6) is 0 Å². The molecule has 0 aromatic rings. The lowest BCUT2D eigenvalue weighted by Crippen LogP contribution is -2.60. The van der Waals surface area contributed by atoms with Crippen molar-refractivity contribution in [3.8, 4) is 0 Å². The summed E-state index contributed by atoms with van der Waals surface area (Å²) < 4.78 is 58.8. The summed E-state index contributed by atoms with van der Waals surface area (Å²) in [5.74, 6) is -0.422. The number of ether oxygens (including phenoxy) is 4. The lowest BCUT2D eigenvalue weighted by Gasteiger charge is -2.41. The van der Waals surface area contributed by atoms with E-state index in [1.165, 1.54) is 32.1 Å². The molecule has 0 saturated carbocycles. The van der Waals surface area contributed by atoms with Gasteiger partial charge in [-0.2, -0.15) is 8.42 Å². The second kappa shape index (κ2) is 34.8. The molecule has 13 heteroatoms. The van der Waals surface area contributed by atoms with Gasteiger partial charge in [0.25, 0.3) is 0 Å². The maximum absolute atomic E-state index is 12.8. The third kappa shape index (κ3) is 28.2. The number of aliphatic hydroxyl groups is 3. The number of hydrogen-bond acceptors (Lipinski definition) is 11. The van der Waals surface area contributed by atoms with Gasteiger partial charge in [0, 0.05) is 13.0 Å². The molecule has 1 heterocycles. The fourth-order valence-corrected chi connectivity index (χ4v) is 6.50. The van der Waals surface area contributed by atoms with E-state index in [-0.39, 0.29) is 19.6 Å². The van der Waals surface area contributed by atoms with Crippen LogP contribution in [0, 0.1) is 0 Å². The fraction of sp³-hybridized carbons (Fsp3) is 0.744. The Balaban J connectivity index is 2.42. The van der Waals surface area contributed by atoms with Crippen LogP contribution >= 0.6 is 0 Å². The minimum Gasteiger partial charge on any atom is -0.457 e. The molecule has 1 aliphatic heterocycles. The van der Waals surface area contributed by atoms with E-state index in [1.54, 1.807) is 0 Å². The zero-order valence-corrected chi connectivity index (χ0v) is 35.0. The highest BCUT2D eigenvalue weighted by Gasteiger charge is 2.48. The molecule has 6 atom stereocenters. The van der Waals surface area contributed by atoms with Gasteiger partial charge in [-0.3, -0.25) is 9.35 Å². The highest BCUT2D eigenvalue weighted by atomic mass is 32.3. The molecule has 1 saturated heterocycles. The van der Waals surface area contributed by atoms with E-state index >= 15 is 0 Å². The molecule has 56 heavy (non-hydrogen) atoms. The van der Waals surface area contributed by atoms with Crippen molar-refractivity contribution in [2.45, 2.75) is 179 Å². The molecule has 6 unspecified atom stereocenters. The molecule has 12 nitrogen and oxygen atoms in total. The second-order valence-electron chi connectivity index (χ2n) is 14.2. The van der Waals surface area contributed by atoms with Crippen LogP contribution in [0.4, 0.5) is 0 Å². The standard InChI is InChI=1S/C43H74O12S/c1-3-5-7-9-11-13-14-15-16-17-18-19-20-21-22-23-24-25-26-28-30-32-39(45)53-37(35-51-33-31-29-27-12-10-8-6-4-2)36-52-43-41(47)42(55-56(48,49)50)40(46)38(34-44)54-43/h5,7,11,13,15-16,18-19,21-22,37-38,40-44,46-47H,3-4,6,8-10,12,14,17,20,23-36H2,1-2H3,(H,48,49,50)/b7-5-,13-11-,16-15-,19-18-,22-21-. The Morgan fingerprint density at radius 1 is 0.696 bits per heavy atom. The molecule has 0 spiro atoms. The van der Waals surface area contributed by atoms with Gasteiger partial charge in [-0.1, -0.05) is 139 Å². The summed E-state index contributed by atoms with van der Waals surface area (Å²) >= 11 is 0. The van der Waals surface area contributed by atoms with Gasteiger partial charge in [-0.15, -0.1) is 0 Å².